The molecule has 3 N–H and O–H groups in total. The second-order valence-corrected chi connectivity index (χ2v) is 3.39. The van der Waals surface area contributed by atoms with E-state index < -0.39 is 47.6 Å². The highest BCUT2D eigenvalue weighted by Crippen LogP contribution is 2.41. The Morgan fingerprint density at radius 3 is 2.20 bits per heavy atom. The minimum atomic E-state index is -5.44. The van der Waals surface area contributed by atoms with E-state index in [1.54, 1.807) is 0 Å². The number of hydrogen-bond acceptors (Lipinski definition) is 4. The standard InChI is InChI=1S/C9H6F6N2O3/c10-8(11,12)4-5(7(18)19)17-2-3(1-16)6(4)20-9(13,14)15/h2H,1,16H2,(H,18,19). The van der Waals surface area contributed by atoms with Crippen molar-refractivity contribution in [3.63, 3.8) is 0 Å². The molecule has 11 heteroatoms. The number of aromatic nitrogens is 1. The second-order valence-electron chi connectivity index (χ2n) is 3.39. The summed E-state index contributed by atoms with van der Waals surface area (Å²) in [5.41, 5.74) is 0.546. The van der Waals surface area contributed by atoms with Gasteiger partial charge in [0, 0.05) is 18.3 Å². The molecule has 0 spiro atoms. The number of halogens is 6. The van der Waals surface area contributed by atoms with Gasteiger partial charge in [-0.3, -0.25) is 0 Å². The lowest BCUT2D eigenvalue weighted by atomic mass is 10.1. The zero-order chi connectivity index (χ0) is 15.7. The molecule has 0 atom stereocenters. The van der Waals surface area contributed by atoms with Crippen molar-refractivity contribution in [2.75, 3.05) is 0 Å². The van der Waals surface area contributed by atoms with Gasteiger partial charge in [-0.2, -0.15) is 13.2 Å². The molecule has 1 heterocycles. The predicted octanol–water partition coefficient (Wildman–Crippen LogP) is 2.16. The van der Waals surface area contributed by atoms with Gasteiger partial charge in [0.1, 0.15) is 11.3 Å². The average Bonchev–Trinajstić information content (AvgIpc) is 2.24. The summed E-state index contributed by atoms with van der Waals surface area (Å²) in [4.78, 5) is 13.6. The molecule has 0 aliphatic rings. The SMILES string of the molecule is NCc1cnc(C(=O)O)c(C(F)(F)F)c1OC(F)(F)F. The van der Waals surface area contributed by atoms with E-state index in [9.17, 15) is 31.1 Å². The first kappa shape index (κ1) is 16.0. The van der Waals surface area contributed by atoms with Crippen LogP contribution < -0.4 is 10.5 Å². The van der Waals surface area contributed by atoms with Gasteiger partial charge < -0.3 is 15.6 Å². The van der Waals surface area contributed by atoms with Crippen molar-refractivity contribution >= 4 is 5.97 Å². The fraction of sp³-hybridized carbons (Fsp3) is 0.333. The lowest BCUT2D eigenvalue weighted by Gasteiger charge is -2.19. The number of nitrogens with two attached hydrogens (primary N) is 1. The fourth-order valence-electron chi connectivity index (χ4n) is 1.34. The van der Waals surface area contributed by atoms with Gasteiger partial charge >= 0.3 is 18.5 Å². The summed E-state index contributed by atoms with van der Waals surface area (Å²) in [5, 5.41) is 8.58. The highest BCUT2D eigenvalue weighted by Gasteiger charge is 2.44. The Labute approximate surface area is 107 Å². The maximum atomic E-state index is 12.8. The topological polar surface area (TPSA) is 85.4 Å². The van der Waals surface area contributed by atoms with Crippen molar-refractivity contribution in [2.45, 2.75) is 19.1 Å². The molecular weight excluding hydrogens is 298 g/mol. The van der Waals surface area contributed by atoms with Crippen molar-refractivity contribution in [3.05, 3.63) is 23.0 Å². The van der Waals surface area contributed by atoms with Crippen molar-refractivity contribution in [2.24, 2.45) is 5.73 Å². The number of nitrogens with zero attached hydrogens (tertiary/aromatic N) is 1. The molecule has 0 bridgehead atoms. The van der Waals surface area contributed by atoms with Gasteiger partial charge in [0.05, 0.1) is 0 Å². The predicted molar refractivity (Wildman–Crippen MR) is 50.8 cm³/mol. The summed E-state index contributed by atoms with van der Waals surface area (Å²) in [6.07, 6.45) is -10.4. The van der Waals surface area contributed by atoms with Crippen LogP contribution in [0.25, 0.3) is 0 Å². The molecule has 0 aromatic carbocycles. The Bertz CT molecular complexity index is 526. The molecule has 1 aromatic heterocycles. The molecule has 0 unspecified atom stereocenters. The maximum Gasteiger partial charge on any atom is 0.573 e. The highest BCUT2D eigenvalue weighted by atomic mass is 19.4. The third kappa shape index (κ3) is 3.50. The lowest BCUT2D eigenvalue weighted by Crippen LogP contribution is -2.24. The summed E-state index contributed by atoms with van der Waals surface area (Å²) in [7, 11) is 0. The molecule has 1 aromatic rings. The van der Waals surface area contributed by atoms with Gasteiger partial charge in [0.25, 0.3) is 0 Å². The van der Waals surface area contributed by atoms with Crippen LogP contribution in [0, 0.1) is 0 Å². The van der Waals surface area contributed by atoms with E-state index in [4.69, 9.17) is 10.8 Å². The Morgan fingerprint density at radius 1 is 1.30 bits per heavy atom. The monoisotopic (exact) mass is 304 g/mol. The first-order valence-corrected chi connectivity index (χ1v) is 4.75. The molecule has 0 fully saturated rings. The van der Waals surface area contributed by atoms with Gasteiger partial charge in [0.2, 0.25) is 0 Å². The maximum absolute atomic E-state index is 12.8. The third-order valence-corrected chi connectivity index (χ3v) is 2.03. The largest absolute Gasteiger partial charge is 0.573 e. The number of carbonyl (C=O) groups is 1. The van der Waals surface area contributed by atoms with Crippen LogP contribution in [-0.4, -0.2) is 22.4 Å². The van der Waals surface area contributed by atoms with Gasteiger partial charge in [-0.1, -0.05) is 0 Å². The molecule has 0 aliphatic carbocycles. The van der Waals surface area contributed by atoms with Crippen LogP contribution >= 0.6 is 0 Å². The summed E-state index contributed by atoms with van der Waals surface area (Å²) >= 11 is 0. The Kier molecular flexibility index (Phi) is 4.12. The number of carboxylic acids is 1. The van der Waals surface area contributed by atoms with E-state index in [2.05, 4.69) is 9.72 Å². The third-order valence-electron chi connectivity index (χ3n) is 2.03. The van der Waals surface area contributed by atoms with Crippen molar-refractivity contribution < 1.29 is 41.0 Å². The number of rotatable bonds is 3. The fourth-order valence-corrected chi connectivity index (χ4v) is 1.34. The van der Waals surface area contributed by atoms with Gasteiger partial charge in [-0.05, 0) is 0 Å². The van der Waals surface area contributed by atoms with Crippen LogP contribution in [0.1, 0.15) is 21.6 Å². The highest BCUT2D eigenvalue weighted by molar-refractivity contribution is 5.88. The molecule has 0 radical (unpaired) electrons. The quantitative estimate of drug-likeness (QED) is 0.836. The van der Waals surface area contributed by atoms with Gasteiger partial charge in [-0.15, -0.1) is 13.2 Å². The van der Waals surface area contributed by atoms with Crippen LogP contribution in [0.4, 0.5) is 26.3 Å². The molecular formula is C9H6F6N2O3. The van der Waals surface area contributed by atoms with E-state index in [0.29, 0.717) is 6.20 Å². The number of hydrogen-bond donors (Lipinski definition) is 2. The van der Waals surface area contributed by atoms with Crippen molar-refractivity contribution in [1.29, 1.82) is 0 Å². The van der Waals surface area contributed by atoms with E-state index >= 15 is 0 Å². The van der Waals surface area contributed by atoms with Crippen LogP contribution in [0.2, 0.25) is 0 Å². The summed E-state index contributed by atoms with van der Waals surface area (Å²) < 4.78 is 78.1. The zero-order valence-electron chi connectivity index (χ0n) is 9.34. The summed E-state index contributed by atoms with van der Waals surface area (Å²) in [6, 6.07) is 0. The summed E-state index contributed by atoms with van der Waals surface area (Å²) in [5.74, 6) is -3.85. The van der Waals surface area contributed by atoms with Gasteiger partial charge in [-0.25, -0.2) is 9.78 Å². The Hall–Kier alpha value is -2.04. The molecule has 20 heavy (non-hydrogen) atoms. The molecule has 0 aliphatic heterocycles. The Balaban J connectivity index is 3.65. The molecule has 112 valence electrons. The first-order chi connectivity index (χ1) is 8.97. The van der Waals surface area contributed by atoms with Crippen LogP contribution in [0.3, 0.4) is 0 Å². The van der Waals surface area contributed by atoms with E-state index in [-0.39, 0.29) is 0 Å². The van der Waals surface area contributed by atoms with Crippen LogP contribution in [0.5, 0.6) is 5.75 Å². The van der Waals surface area contributed by atoms with Gasteiger partial charge in [0.15, 0.2) is 5.69 Å². The van der Waals surface area contributed by atoms with Crippen molar-refractivity contribution in [3.8, 4) is 5.75 Å². The second kappa shape index (κ2) is 5.15. The number of aromatic carboxylic acids is 1. The number of carboxylic acid groups (broad SMARTS) is 1. The summed E-state index contributed by atoms with van der Waals surface area (Å²) in [6.45, 7) is -0.749. The zero-order valence-corrected chi connectivity index (χ0v) is 9.34. The van der Waals surface area contributed by atoms with E-state index in [0.717, 1.165) is 0 Å². The van der Waals surface area contributed by atoms with Crippen LogP contribution in [-0.2, 0) is 12.7 Å². The molecule has 0 saturated heterocycles. The average molecular weight is 304 g/mol. The molecule has 0 amide bonds. The van der Waals surface area contributed by atoms with Crippen LogP contribution in [0.15, 0.2) is 6.20 Å². The molecule has 5 nitrogen and oxygen atoms in total. The number of alkyl halides is 6. The normalized spacial score (nSPS) is 12.3. The smallest absolute Gasteiger partial charge is 0.476 e. The number of ether oxygens (including phenoxy) is 1. The number of pyridine rings is 1. The lowest BCUT2D eigenvalue weighted by molar-refractivity contribution is -0.276. The Morgan fingerprint density at radius 2 is 1.85 bits per heavy atom. The first-order valence-electron chi connectivity index (χ1n) is 4.75. The van der Waals surface area contributed by atoms with E-state index in [1.165, 1.54) is 0 Å². The minimum Gasteiger partial charge on any atom is -0.476 e. The molecule has 1 rings (SSSR count). The molecule has 0 saturated carbocycles. The van der Waals surface area contributed by atoms with E-state index in [1.807, 2.05) is 0 Å². The minimum absolute atomic E-state index is 0.486. The van der Waals surface area contributed by atoms with Crippen molar-refractivity contribution in [1.82, 2.24) is 4.98 Å².